The minimum atomic E-state index is -1.40. The summed E-state index contributed by atoms with van der Waals surface area (Å²) in [5, 5.41) is 8.84. The van der Waals surface area contributed by atoms with E-state index in [1.807, 2.05) is 0 Å². The summed E-state index contributed by atoms with van der Waals surface area (Å²) in [7, 11) is -1.40. The van der Waals surface area contributed by atoms with Crippen LogP contribution in [0.2, 0.25) is 5.02 Å². The van der Waals surface area contributed by atoms with Crippen LogP contribution in [0, 0.1) is 12.7 Å². The number of aromatic carboxylic acids is 1. The van der Waals surface area contributed by atoms with E-state index in [-0.39, 0.29) is 15.7 Å². The number of carboxylic acid groups (broad SMARTS) is 1. The van der Waals surface area contributed by atoms with Gasteiger partial charge in [-0.1, -0.05) is 11.6 Å². The maximum atomic E-state index is 13.1. The molecule has 0 saturated carbocycles. The Morgan fingerprint density at radius 3 is 2.70 bits per heavy atom. The Balaban J connectivity index is 2.23. The van der Waals surface area contributed by atoms with Crippen LogP contribution in [0.3, 0.4) is 0 Å². The van der Waals surface area contributed by atoms with Crippen molar-refractivity contribution in [2.24, 2.45) is 0 Å². The van der Waals surface area contributed by atoms with Crippen LogP contribution in [0.5, 0.6) is 0 Å². The van der Waals surface area contributed by atoms with E-state index in [0.29, 0.717) is 10.5 Å². The fraction of sp³-hybridized carbons (Fsp3) is 0.154. The molecule has 20 heavy (non-hydrogen) atoms. The zero-order valence-electron chi connectivity index (χ0n) is 10.4. The van der Waals surface area contributed by atoms with Gasteiger partial charge < -0.3 is 5.11 Å². The van der Waals surface area contributed by atoms with Crippen molar-refractivity contribution in [3.63, 3.8) is 0 Å². The number of halogens is 2. The second-order valence-corrected chi connectivity index (χ2v) is 7.18. The molecular formula is C13H10ClFO3S2. The van der Waals surface area contributed by atoms with E-state index in [1.54, 1.807) is 6.92 Å². The van der Waals surface area contributed by atoms with E-state index in [2.05, 4.69) is 0 Å². The van der Waals surface area contributed by atoms with Crippen LogP contribution in [0.15, 0.2) is 29.2 Å². The first kappa shape index (κ1) is 15.2. The molecule has 0 aliphatic heterocycles. The minimum absolute atomic E-state index is 0.0795. The molecule has 0 spiro atoms. The minimum Gasteiger partial charge on any atom is -0.477 e. The monoisotopic (exact) mass is 332 g/mol. The third kappa shape index (κ3) is 3.26. The Hall–Kier alpha value is -1.24. The zero-order chi connectivity index (χ0) is 14.9. The molecule has 0 radical (unpaired) electrons. The van der Waals surface area contributed by atoms with Crippen molar-refractivity contribution in [1.82, 2.24) is 0 Å². The van der Waals surface area contributed by atoms with Crippen LogP contribution in [0.25, 0.3) is 0 Å². The molecule has 2 rings (SSSR count). The fourth-order valence-electron chi connectivity index (χ4n) is 1.61. The largest absolute Gasteiger partial charge is 0.477 e. The molecule has 0 aliphatic rings. The highest BCUT2D eigenvalue weighted by molar-refractivity contribution is 7.84. The lowest BCUT2D eigenvalue weighted by Gasteiger charge is -2.03. The van der Waals surface area contributed by atoms with Gasteiger partial charge in [0, 0.05) is 9.77 Å². The van der Waals surface area contributed by atoms with Gasteiger partial charge in [-0.25, -0.2) is 9.18 Å². The van der Waals surface area contributed by atoms with E-state index in [0.717, 1.165) is 16.2 Å². The molecule has 0 amide bonds. The first-order chi connectivity index (χ1) is 9.38. The van der Waals surface area contributed by atoms with E-state index >= 15 is 0 Å². The number of aryl methyl sites for hydroxylation is 1. The van der Waals surface area contributed by atoms with Crippen LogP contribution in [-0.4, -0.2) is 15.3 Å². The van der Waals surface area contributed by atoms with Crippen molar-refractivity contribution >= 4 is 39.7 Å². The van der Waals surface area contributed by atoms with Crippen molar-refractivity contribution < 1.29 is 18.5 Å². The first-order valence-electron chi connectivity index (χ1n) is 5.54. The topological polar surface area (TPSA) is 54.4 Å². The van der Waals surface area contributed by atoms with Crippen molar-refractivity contribution in [3.05, 3.63) is 50.4 Å². The van der Waals surface area contributed by atoms with Gasteiger partial charge in [-0.15, -0.1) is 11.3 Å². The highest BCUT2D eigenvalue weighted by Crippen LogP contribution is 2.25. The Bertz CT molecular complexity index is 697. The Kier molecular flexibility index (Phi) is 4.57. The molecule has 7 heteroatoms. The summed E-state index contributed by atoms with van der Waals surface area (Å²) in [4.78, 5) is 12.3. The average molecular weight is 333 g/mol. The van der Waals surface area contributed by atoms with E-state index < -0.39 is 22.6 Å². The van der Waals surface area contributed by atoms with Crippen molar-refractivity contribution in [2.75, 3.05) is 0 Å². The molecule has 1 aromatic heterocycles. The molecule has 106 valence electrons. The highest BCUT2D eigenvalue weighted by Gasteiger charge is 2.14. The Labute approximate surface area is 126 Å². The average Bonchev–Trinajstić information content (AvgIpc) is 2.74. The van der Waals surface area contributed by atoms with E-state index in [9.17, 15) is 13.4 Å². The Morgan fingerprint density at radius 2 is 2.15 bits per heavy atom. The molecule has 1 atom stereocenters. The Morgan fingerprint density at radius 1 is 1.45 bits per heavy atom. The second-order valence-electron chi connectivity index (χ2n) is 4.06. The SMILES string of the molecule is Cc1sc(C(=O)O)cc1CS(=O)c1ccc(F)c(Cl)c1. The van der Waals surface area contributed by atoms with Gasteiger partial charge in [0.2, 0.25) is 0 Å². The molecule has 1 N–H and O–H groups in total. The van der Waals surface area contributed by atoms with Gasteiger partial charge in [0.25, 0.3) is 0 Å². The first-order valence-corrected chi connectivity index (χ1v) is 8.06. The highest BCUT2D eigenvalue weighted by atomic mass is 35.5. The van der Waals surface area contributed by atoms with Crippen LogP contribution >= 0.6 is 22.9 Å². The molecule has 0 fully saturated rings. The lowest BCUT2D eigenvalue weighted by Crippen LogP contribution is -1.97. The normalized spacial score (nSPS) is 12.3. The maximum Gasteiger partial charge on any atom is 0.345 e. The van der Waals surface area contributed by atoms with Gasteiger partial charge in [-0.3, -0.25) is 4.21 Å². The van der Waals surface area contributed by atoms with Gasteiger partial charge in [-0.05, 0) is 36.8 Å². The maximum absolute atomic E-state index is 13.1. The molecule has 2 aromatic rings. The van der Waals surface area contributed by atoms with E-state index in [4.69, 9.17) is 16.7 Å². The molecule has 1 heterocycles. The summed E-state index contributed by atoms with van der Waals surface area (Å²) in [5.74, 6) is -1.38. The van der Waals surface area contributed by atoms with Crippen LogP contribution < -0.4 is 0 Å². The van der Waals surface area contributed by atoms with Gasteiger partial charge in [0.15, 0.2) is 0 Å². The summed E-state index contributed by atoms with van der Waals surface area (Å²) < 4.78 is 25.2. The third-order valence-electron chi connectivity index (χ3n) is 2.67. The number of rotatable bonds is 4. The standard InChI is InChI=1S/C13H10ClFO3S2/c1-7-8(4-12(19-7)13(16)17)6-20(18)9-2-3-11(15)10(14)5-9/h2-5H,6H2,1H3,(H,16,17). The van der Waals surface area contributed by atoms with Crippen LogP contribution in [0.1, 0.15) is 20.1 Å². The number of hydrogen-bond acceptors (Lipinski definition) is 3. The van der Waals surface area contributed by atoms with Gasteiger partial charge in [0.05, 0.1) is 21.6 Å². The summed E-state index contributed by atoms with van der Waals surface area (Å²) in [6.07, 6.45) is 0. The van der Waals surface area contributed by atoms with Gasteiger partial charge in [-0.2, -0.15) is 0 Å². The molecule has 0 bridgehead atoms. The summed E-state index contributed by atoms with van der Waals surface area (Å²) in [5.41, 5.74) is 0.714. The quantitative estimate of drug-likeness (QED) is 0.925. The predicted molar refractivity (Wildman–Crippen MR) is 77.5 cm³/mol. The van der Waals surface area contributed by atoms with Crippen molar-refractivity contribution in [2.45, 2.75) is 17.6 Å². The number of hydrogen-bond donors (Lipinski definition) is 1. The molecular weight excluding hydrogens is 323 g/mol. The third-order valence-corrected chi connectivity index (χ3v) is 5.40. The van der Waals surface area contributed by atoms with E-state index in [1.165, 1.54) is 24.3 Å². The summed E-state index contributed by atoms with van der Waals surface area (Å²) in [6.45, 7) is 1.78. The molecule has 3 nitrogen and oxygen atoms in total. The summed E-state index contributed by atoms with van der Waals surface area (Å²) >= 11 is 6.80. The number of carboxylic acids is 1. The summed E-state index contributed by atoms with van der Waals surface area (Å²) in [6, 6.07) is 5.42. The van der Waals surface area contributed by atoms with Gasteiger partial charge >= 0.3 is 5.97 Å². The van der Waals surface area contributed by atoms with Crippen LogP contribution in [0.4, 0.5) is 4.39 Å². The predicted octanol–water partition coefficient (Wildman–Crippen LogP) is 3.86. The van der Waals surface area contributed by atoms with Crippen LogP contribution in [-0.2, 0) is 16.6 Å². The molecule has 0 aliphatic carbocycles. The molecule has 0 saturated heterocycles. The lowest BCUT2D eigenvalue weighted by atomic mass is 10.3. The van der Waals surface area contributed by atoms with Crippen molar-refractivity contribution in [3.8, 4) is 0 Å². The fourth-order valence-corrected chi connectivity index (χ4v) is 4.05. The number of benzene rings is 1. The number of thiophene rings is 1. The second kappa shape index (κ2) is 6.03. The molecule has 1 aromatic carbocycles. The number of carbonyl (C=O) groups is 1. The molecule has 1 unspecified atom stereocenters. The lowest BCUT2D eigenvalue weighted by molar-refractivity contribution is 0.0702. The van der Waals surface area contributed by atoms with Crippen molar-refractivity contribution in [1.29, 1.82) is 0 Å². The van der Waals surface area contributed by atoms with Gasteiger partial charge in [0.1, 0.15) is 10.7 Å². The smallest absolute Gasteiger partial charge is 0.345 e. The zero-order valence-corrected chi connectivity index (χ0v) is 12.7.